The van der Waals surface area contributed by atoms with Crippen LogP contribution in [0.15, 0.2) is 22.7 Å². The molecule has 0 atom stereocenters. The zero-order valence-electron chi connectivity index (χ0n) is 10.7. The van der Waals surface area contributed by atoms with E-state index in [2.05, 4.69) is 25.6 Å². The molecule has 0 bridgehead atoms. The van der Waals surface area contributed by atoms with Gasteiger partial charge in [0.05, 0.1) is 5.69 Å². The molecule has 1 heterocycles. The van der Waals surface area contributed by atoms with E-state index in [1.165, 1.54) is 0 Å². The fourth-order valence-corrected chi connectivity index (χ4v) is 2.86. The van der Waals surface area contributed by atoms with Gasteiger partial charge in [0.1, 0.15) is 10.6 Å². The maximum atomic E-state index is 12.2. The lowest BCUT2D eigenvalue weighted by Gasteiger charge is -2.07. The number of carbonyl (C=O) groups is 2. The van der Waals surface area contributed by atoms with Crippen molar-refractivity contribution < 1.29 is 14.7 Å². The van der Waals surface area contributed by atoms with Crippen LogP contribution in [0.1, 0.15) is 32.0 Å². The first-order chi connectivity index (χ1) is 9.40. The molecule has 0 fully saturated rings. The van der Waals surface area contributed by atoms with Crippen molar-refractivity contribution >= 4 is 44.3 Å². The Morgan fingerprint density at radius 2 is 2.05 bits per heavy atom. The van der Waals surface area contributed by atoms with Crippen molar-refractivity contribution in [2.75, 3.05) is 5.32 Å². The zero-order valence-corrected chi connectivity index (χ0v) is 13.1. The van der Waals surface area contributed by atoms with Crippen LogP contribution in [0.3, 0.4) is 0 Å². The standard InChI is InChI=1S/C13H11BrN2O3S/c1-6-3-4-8(14)5-9(6)11(17)15-12-10(13(18)19)7(2)16-20-12/h3-5H,1-2H3,(H,15,17)(H,18,19). The van der Waals surface area contributed by atoms with Crippen molar-refractivity contribution in [2.45, 2.75) is 13.8 Å². The number of hydrogen-bond donors (Lipinski definition) is 2. The van der Waals surface area contributed by atoms with E-state index in [9.17, 15) is 9.59 Å². The molecule has 0 aliphatic carbocycles. The molecule has 0 spiro atoms. The Kier molecular flexibility index (Phi) is 4.20. The molecule has 1 aromatic carbocycles. The molecule has 7 heteroatoms. The minimum absolute atomic E-state index is 0.0380. The lowest BCUT2D eigenvalue weighted by Crippen LogP contribution is -2.14. The first-order valence-corrected chi connectivity index (χ1v) is 7.24. The Morgan fingerprint density at radius 3 is 2.70 bits per heavy atom. The van der Waals surface area contributed by atoms with Crippen molar-refractivity contribution in [2.24, 2.45) is 0 Å². The van der Waals surface area contributed by atoms with Gasteiger partial charge in [0, 0.05) is 10.0 Å². The number of aromatic nitrogens is 1. The van der Waals surface area contributed by atoms with Gasteiger partial charge in [0.2, 0.25) is 0 Å². The van der Waals surface area contributed by atoms with E-state index in [0.717, 1.165) is 21.6 Å². The molecular weight excluding hydrogens is 344 g/mol. The number of nitrogens with zero attached hydrogens (tertiary/aromatic N) is 1. The van der Waals surface area contributed by atoms with Gasteiger partial charge in [0.25, 0.3) is 5.91 Å². The summed E-state index contributed by atoms with van der Waals surface area (Å²) in [7, 11) is 0. The average molecular weight is 355 g/mol. The predicted molar refractivity (Wildman–Crippen MR) is 80.6 cm³/mol. The first kappa shape index (κ1) is 14.7. The van der Waals surface area contributed by atoms with Crippen LogP contribution in [0, 0.1) is 13.8 Å². The van der Waals surface area contributed by atoms with E-state index in [-0.39, 0.29) is 16.5 Å². The van der Waals surface area contributed by atoms with Crippen LogP contribution in [0.25, 0.3) is 0 Å². The number of carboxylic acid groups (broad SMARTS) is 1. The number of aromatic carboxylic acids is 1. The summed E-state index contributed by atoms with van der Waals surface area (Å²) in [5, 5.41) is 12.0. The maximum Gasteiger partial charge on any atom is 0.340 e. The number of carboxylic acids is 1. The lowest BCUT2D eigenvalue weighted by atomic mass is 10.1. The summed E-state index contributed by atoms with van der Waals surface area (Å²) in [5.74, 6) is -1.45. The van der Waals surface area contributed by atoms with E-state index < -0.39 is 5.97 Å². The second-order valence-electron chi connectivity index (χ2n) is 4.19. The molecule has 0 aliphatic rings. The molecule has 0 saturated carbocycles. The van der Waals surface area contributed by atoms with Gasteiger partial charge in [-0.05, 0) is 43.1 Å². The Balaban J connectivity index is 2.33. The van der Waals surface area contributed by atoms with Crippen LogP contribution < -0.4 is 5.32 Å². The Bertz CT molecular complexity index is 697. The Labute approximate surface area is 127 Å². The van der Waals surface area contributed by atoms with E-state index in [0.29, 0.717) is 11.3 Å². The third kappa shape index (κ3) is 2.88. The number of carbonyl (C=O) groups excluding carboxylic acids is 1. The number of hydrogen-bond acceptors (Lipinski definition) is 4. The summed E-state index contributed by atoms with van der Waals surface area (Å²) in [6.45, 7) is 3.41. The predicted octanol–water partition coefficient (Wildman–Crippen LogP) is 3.47. The van der Waals surface area contributed by atoms with Gasteiger partial charge in [0.15, 0.2) is 0 Å². The average Bonchev–Trinajstić information content (AvgIpc) is 2.73. The highest BCUT2D eigenvalue weighted by atomic mass is 79.9. The monoisotopic (exact) mass is 354 g/mol. The summed E-state index contributed by atoms with van der Waals surface area (Å²) in [4.78, 5) is 23.4. The maximum absolute atomic E-state index is 12.2. The van der Waals surface area contributed by atoms with E-state index in [1.54, 1.807) is 13.0 Å². The van der Waals surface area contributed by atoms with Gasteiger partial charge < -0.3 is 10.4 Å². The van der Waals surface area contributed by atoms with Gasteiger partial charge in [-0.25, -0.2) is 4.79 Å². The highest BCUT2D eigenvalue weighted by molar-refractivity contribution is 9.10. The van der Waals surface area contributed by atoms with Gasteiger partial charge in [-0.15, -0.1) is 0 Å². The number of anilines is 1. The molecule has 2 N–H and O–H groups in total. The molecule has 1 aromatic heterocycles. The molecule has 0 aliphatic heterocycles. The van der Waals surface area contributed by atoms with Crippen molar-refractivity contribution in [3.8, 4) is 0 Å². The van der Waals surface area contributed by atoms with Gasteiger partial charge >= 0.3 is 5.97 Å². The number of halogens is 1. The second-order valence-corrected chi connectivity index (χ2v) is 5.88. The van der Waals surface area contributed by atoms with Gasteiger partial charge in [-0.1, -0.05) is 22.0 Å². The molecule has 104 valence electrons. The van der Waals surface area contributed by atoms with E-state index in [1.807, 2.05) is 19.1 Å². The van der Waals surface area contributed by atoms with Crippen LogP contribution in [0.4, 0.5) is 5.00 Å². The van der Waals surface area contributed by atoms with Crippen LogP contribution in [0.2, 0.25) is 0 Å². The molecule has 0 unspecified atom stereocenters. The smallest absolute Gasteiger partial charge is 0.340 e. The fraction of sp³-hybridized carbons (Fsp3) is 0.154. The molecule has 0 radical (unpaired) electrons. The highest BCUT2D eigenvalue weighted by Gasteiger charge is 2.20. The van der Waals surface area contributed by atoms with Crippen LogP contribution >= 0.6 is 27.5 Å². The quantitative estimate of drug-likeness (QED) is 0.884. The van der Waals surface area contributed by atoms with E-state index >= 15 is 0 Å². The number of benzene rings is 1. The third-order valence-electron chi connectivity index (χ3n) is 2.75. The minimum Gasteiger partial charge on any atom is -0.478 e. The van der Waals surface area contributed by atoms with Gasteiger partial charge in [-0.2, -0.15) is 4.37 Å². The molecule has 0 saturated heterocycles. The molecular formula is C13H11BrN2O3S. The minimum atomic E-state index is -1.10. The normalized spacial score (nSPS) is 10.3. The van der Waals surface area contributed by atoms with Crippen LogP contribution in [-0.2, 0) is 0 Å². The Hall–Kier alpha value is -1.73. The molecule has 5 nitrogen and oxygen atoms in total. The SMILES string of the molecule is Cc1ccc(Br)cc1C(=O)Nc1snc(C)c1C(=O)O. The highest BCUT2D eigenvalue weighted by Crippen LogP contribution is 2.26. The summed E-state index contributed by atoms with van der Waals surface area (Å²) in [6.07, 6.45) is 0. The molecule has 2 aromatic rings. The van der Waals surface area contributed by atoms with Crippen molar-refractivity contribution in [1.82, 2.24) is 4.37 Å². The number of aryl methyl sites for hydroxylation is 2. The first-order valence-electron chi connectivity index (χ1n) is 5.67. The summed E-state index contributed by atoms with van der Waals surface area (Å²) in [6, 6.07) is 5.35. The van der Waals surface area contributed by atoms with Crippen LogP contribution in [-0.4, -0.2) is 21.4 Å². The topological polar surface area (TPSA) is 79.3 Å². The largest absolute Gasteiger partial charge is 0.478 e. The van der Waals surface area contributed by atoms with Crippen LogP contribution in [0.5, 0.6) is 0 Å². The summed E-state index contributed by atoms with van der Waals surface area (Å²) >= 11 is 4.27. The Morgan fingerprint density at radius 1 is 1.35 bits per heavy atom. The lowest BCUT2D eigenvalue weighted by molar-refractivity contribution is 0.0697. The second kappa shape index (κ2) is 5.72. The summed E-state index contributed by atoms with van der Waals surface area (Å²) < 4.78 is 4.75. The van der Waals surface area contributed by atoms with Crippen molar-refractivity contribution in [3.05, 3.63) is 45.1 Å². The third-order valence-corrected chi connectivity index (χ3v) is 4.10. The molecule has 20 heavy (non-hydrogen) atoms. The summed E-state index contributed by atoms with van der Waals surface area (Å²) in [5.41, 5.74) is 1.73. The van der Waals surface area contributed by atoms with Crippen molar-refractivity contribution in [3.63, 3.8) is 0 Å². The molecule has 2 rings (SSSR count). The number of rotatable bonds is 3. The fourth-order valence-electron chi connectivity index (χ4n) is 1.72. The van der Waals surface area contributed by atoms with Crippen molar-refractivity contribution in [1.29, 1.82) is 0 Å². The molecule has 1 amide bonds. The number of amides is 1. The number of nitrogens with one attached hydrogen (secondary N) is 1. The van der Waals surface area contributed by atoms with Gasteiger partial charge in [-0.3, -0.25) is 4.79 Å². The van der Waals surface area contributed by atoms with E-state index in [4.69, 9.17) is 5.11 Å². The zero-order chi connectivity index (χ0) is 14.9.